The Kier molecular flexibility index (Phi) is 8.94. The van der Waals surface area contributed by atoms with Crippen molar-refractivity contribution >= 4 is 0 Å². The Hall–Kier alpha value is -2.27. The zero-order valence-electron chi connectivity index (χ0n) is 20.8. The fraction of sp³-hybridized carbons (Fsp3) is 0.533. The van der Waals surface area contributed by atoms with Crippen LogP contribution in [-0.4, -0.2) is 19.8 Å². The van der Waals surface area contributed by atoms with E-state index in [4.69, 9.17) is 9.47 Å². The van der Waals surface area contributed by atoms with Crippen LogP contribution in [0, 0.1) is 23.6 Å². The van der Waals surface area contributed by atoms with Crippen LogP contribution in [0.15, 0.2) is 48.6 Å². The van der Waals surface area contributed by atoms with Gasteiger partial charge in [-0.2, -0.15) is 0 Å². The van der Waals surface area contributed by atoms with Gasteiger partial charge in [0, 0.05) is 12.2 Å². The molecule has 2 aliphatic carbocycles. The van der Waals surface area contributed by atoms with Gasteiger partial charge in [-0.05, 0) is 86.5 Å². The second-order valence-electron chi connectivity index (χ2n) is 9.98. The molecule has 0 N–H and O–H groups in total. The molecule has 5 heteroatoms. The van der Waals surface area contributed by atoms with Crippen LogP contribution in [0.3, 0.4) is 0 Å². The van der Waals surface area contributed by atoms with Crippen molar-refractivity contribution in [2.45, 2.75) is 70.8 Å². The maximum absolute atomic E-state index is 14.8. The van der Waals surface area contributed by atoms with E-state index in [1.807, 2.05) is 24.3 Å². The normalized spacial score (nSPS) is 24.6. The van der Waals surface area contributed by atoms with Gasteiger partial charge >= 0.3 is 0 Å². The summed E-state index contributed by atoms with van der Waals surface area (Å²) in [6, 6.07) is 10.6. The van der Waals surface area contributed by atoms with Crippen LogP contribution in [-0.2, 0) is 11.2 Å². The average Bonchev–Trinajstić information content (AvgIpc) is 2.88. The fourth-order valence-corrected chi connectivity index (χ4v) is 5.87. The third-order valence-electron chi connectivity index (χ3n) is 7.92. The van der Waals surface area contributed by atoms with Crippen LogP contribution < -0.4 is 4.74 Å². The van der Waals surface area contributed by atoms with Crippen molar-refractivity contribution in [2.24, 2.45) is 17.8 Å². The number of benzene rings is 2. The van der Waals surface area contributed by atoms with E-state index in [-0.39, 0.29) is 11.3 Å². The van der Waals surface area contributed by atoms with Gasteiger partial charge in [0.1, 0.15) is 11.6 Å². The molecular weight excluding hydrogens is 449 g/mol. The van der Waals surface area contributed by atoms with Crippen molar-refractivity contribution in [3.05, 3.63) is 65.5 Å². The number of allylic oxidation sites excluding steroid dienone is 1. The van der Waals surface area contributed by atoms with Gasteiger partial charge in [0.05, 0.1) is 18.8 Å². The van der Waals surface area contributed by atoms with E-state index >= 15 is 0 Å². The molecule has 0 saturated heterocycles. The van der Waals surface area contributed by atoms with Gasteiger partial charge in [0.25, 0.3) is 6.43 Å². The average molecular weight is 487 g/mol. The monoisotopic (exact) mass is 486 g/mol. The summed E-state index contributed by atoms with van der Waals surface area (Å²) in [5, 5.41) is 0. The summed E-state index contributed by atoms with van der Waals surface area (Å²) >= 11 is 0. The molecule has 0 bridgehead atoms. The Morgan fingerprint density at radius 3 is 2.26 bits per heavy atom. The summed E-state index contributed by atoms with van der Waals surface area (Å²) in [6.07, 6.45) is 11.8. The third-order valence-corrected chi connectivity index (χ3v) is 7.92. The molecule has 0 heterocycles. The smallest absolute Gasteiger partial charge is 0.270 e. The van der Waals surface area contributed by atoms with E-state index < -0.39 is 17.8 Å². The molecule has 1 saturated carbocycles. The van der Waals surface area contributed by atoms with Crippen molar-refractivity contribution in [3.8, 4) is 16.9 Å². The first-order valence-electron chi connectivity index (χ1n) is 13.0. The number of methoxy groups -OCH3 is 1. The Balaban J connectivity index is 1.28. The molecule has 190 valence electrons. The maximum atomic E-state index is 14.8. The van der Waals surface area contributed by atoms with Gasteiger partial charge < -0.3 is 9.47 Å². The molecule has 2 unspecified atom stereocenters. The van der Waals surface area contributed by atoms with Crippen LogP contribution in [0.5, 0.6) is 5.75 Å². The Bertz CT molecular complexity index is 978. The number of hydrogen-bond acceptors (Lipinski definition) is 2. The summed E-state index contributed by atoms with van der Waals surface area (Å²) in [5.41, 5.74) is 1.30. The van der Waals surface area contributed by atoms with Crippen LogP contribution >= 0.6 is 0 Å². The molecule has 0 radical (unpaired) electrons. The predicted octanol–water partition coefficient (Wildman–Crippen LogP) is 8.55. The number of aryl methyl sites for hydroxylation is 1. The van der Waals surface area contributed by atoms with Gasteiger partial charge in [0.2, 0.25) is 0 Å². The third kappa shape index (κ3) is 6.30. The zero-order chi connectivity index (χ0) is 24.8. The van der Waals surface area contributed by atoms with Gasteiger partial charge in [0.15, 0.2) is 0 Å². The summed E-state index contributed by atoms with van der Waals surface area (Å²) < 4.78 is 52.2. The number of halogens is 3. The fourth-order valence-electron chi connectivity index (χ4n) is 5.87. The zero-order valence-corrected chi connectivity index (χ0v) is 20.8. The molecular formula is C30H37F3O2. The van der Waals surface area contributed by atoms with Crippen molar-refractivity contribution in [1.82, 2.24) is 0 Å². The van der Waals surface area contributed by atoms with E-state index in [9.17, 15) is 13.2 Å². The van der Waals surface area contributed by atoms with Crippen molar-refractivity contribution in [1.29, 1.82) is 0 Å². The number of alkyl halides is 2. The van der Waals surface area contributed by atoms with Crippen LogP contribution in [0.4, 0.5) is 13.2 Å². The maximum Gasteiger partial charge on any atom is 0.270 e. The van der Waals surface area contributed by atoms with E-state index in [0.29, 0.717) is 17.6 Å². The molecule has 4 rings (SSSR count). The van der Waals surface area contributed by atoms with E-state index in [1.54, 1.807) is 0 Å². The molecule has 35 heavy (non-hydrogen) atoms. The lowest BCUT2D eigenvalue weighted by Gasteiger charge is -2.35. The molecule has 0 aliphatic heterocycles. The van der Waals surface area contributed by atoms with Crippen molar-refractivity contribution < 1.29 is 22.6 Å². The van der Waals surface area contributed by atoms with Gasteiger partial charge in [-0.3, -0.25) is 0 Å². The molecule has 2 aromatic carbocycles. The molecule has 2 aromatic rings. The molecule has 0 amide bonds. The second kappa shape index (κ2) is 12.1. The SMILES string of the molecule is CCOC1C=CC(C2CCC(CCc3ccc(-c4ccc(OC)c(C(F)F)c4F)cc3)CC2)CC1. The topological polar surface area (TPSA) is 18.5 Å². The lowest BCUT2D eigenvalue weighted by atomic mass is 9.72. The highest BCUT2D eigenvalue weighted by Crippen LogP contribution is 2.40. The first-order valence-corrected chi connectivity index (χ1v) is 13.0. The molecule has 2 atom stereocenters. The Morgan fingerprint density at radius 1 is 0.914 bits per heavy atom. The molecule has 2 nitrogen and oxygen atoms in total. The minimum atomic E-state index is -2.93. The number of ether oxygens (including phenoxy) is 2. The van der Waals surface area contributed by atoms with Gasteiger partial charge in [-0.15, -0.1) is 0 Å². The molecule has 2 aliphatic rings. The Morgan fingerprint density at radius 2 is 1.66 bits per heavy atom. The van der Waals surface area contributed by atoms with E-state index in [0.717, 1.165) is 37.7 Å². The highest BCUT2D eigenvalue weighted by atomic mass is 19.3. The number of rotatable bonds is 9. The lowest BCUT2D eigenvalue weighted by molar-refractivity contribution is 0.0754. The summed E-state index contributed by atoms with van der Waals surface area (Å²) in [6.45, 7) is 2.84. The molecule has 0 aromatic heterocycles. The first-order chi connectivity index (χ1) is 17.0. The summed E-state index contributed by atoms with van der Waals surface area (Å²) in [7, 11) is 1.27. The highest BCUT2D eigenvalue weighted by molar-refractivity contribution is 5.67. The quantitative estimate of drug-likeness (QED) is 0.331. The van der Waals surface area contributed by atoms with Gasteiger partial charge in [-0.1, -0.05) is 49.3 Å². The standard InChI is InChI=1S/C30H37F3O2/c1-3-35-25-16-14-23(15-17-25)22-10-6-20(7-11-22)4-5-21-8-12-24(13-9-21)26-18-19-27(34-2)28(29(26)31)30(32)33/h8-9,12-14,16,18-20,22-23,25,30H,3-7,10-11,15,17H2,1-2H3. The molecule has 1 fully saturated rings. The summed E-state index contributed by atoms with van der Waals surface area (Å²) in [4.78, 5) is 0. The van der Waals surface area contributed by atoms with Crippen molar-refractivity contribution in [3.63, 3.8) is 0 Å². The lowest BCUT2D eigenvalue weighted by Crippen LogP contribution is -2.25. The first kappa shape index (κ1) is 25.8. The summed E-state index contributed by atoms with van der Waals surface area (Å²) in [5.74, 6) is 1.24. The minimum absolute atomic E-state index is 0.123. The van der Waals surface area contributed by atoms with Crippen LogP contribution in [0.25, 0.3) is 11.1 Å². The van der Waals surface area contributed by atoms with Crippen LogP contribution in [0.1, 0.15) is 69.4 Å². The number of hydrogen-bond donors (Lipinski definition) is 0. The van der Waals surface area contributed by atoms with Crippen LogP contribution in [0.2, 0.25) is 0 Å². The van der Waals surface area contributed by atoms with E-state index in [2.05, 4.69) is 19.1 Å². The van der Waals surface area contributed by atoms with Crippen molar-refractivity contribution in [2.75, 3.05) is 13.7 Å². The largest absolute Gasteiger partial charge is 0.496 e. The minimum Gasteiger partial charge on any atom is -0.496 e. The van der Waals surface area contributed by atoms with Gasteiger partial charge in [-0.25, -0.2) is 13.2 Å². The van der Waals surface area contributed by atoms with E-state index in [1.165, 1.54) is 56.9 Å². The second-order valence-corrected chi connectivity index (χ2v) is 9.98. The Labute approximate surface area is 207 Å². The predicted molar refractivity (Wildman–Crippen MR) is 134 cm³/mol. The molecule has 0 spiro atoms. The highest BCUT2D eigenvalue weighted by Gasteiger charge is 2.28.